The van der Waals surface area contributed by atoms with Crippen molar-refractivity contribution in [1.29, 1.82) is 0 Å². The molecular formula is C13H18ClNO. The van der Waals surface area contributed by atoms with Crippen molar-refractivity contribution < 1.29 is 4.74 Å². The first kappa shape index (κ1) is 11.7. The highest BCUT2D eigenvalue weighted by molar-refractivity contribution is 6.30. The summed E-state index contributed by atoms with van der Waals surface area (Å²) in [6.07, 6.45) is 3.73. The van der Waals surface area contributed by atoms with Crippen LogP contribution in [0.1, 0.15) is 24.8 Å². The van der Waals surface area contributed by atoms with Crippen molar-refractivity contribution >= 4 is 11.6 Å². The molecule has 0 saturated heterocycles. The highest BCUT2D eigenvalue weighted by Gasteiger charge is 2.25. The van der Waals surface area contributed by atoms with Gasteiger partial charge in [-0.25, -0.2) is 0 Å². The van der Waals surface area contributed by atoms with Crippen molar-refractivity contribution in [2.75, 3.05) is 7.05 Å². The second-order valence-electron chi connectivity index (χ2n) is 4.45. The molecule has 2 nitrogen and oxygen atoms in total. The van der Waals surface area contributed by atoms with Crippen molar-refractivity contribution in [3.63, 3.8) is 0 Å². The topological polar surface area (TPSA) is 21.3 Å². The first-order valence-corrected chi connectivity index (χ1v) is 6.17. The number of aryl methyl sites for hydroxylation is 1. The standard InChI is InChI=1S/C13H18ClNO/c1-9-3-4-10(14)7-13(9)16-12-6-5-11(8-12)15-2/h3-4,7,11-12,15H,5-6,8H2,1-2H3. The van der Waals surface area contributed by atoms with Crippen molar-refractivity contribution in [3.8, 4) is 5.75 Å². The molecule has 1 saturated carbocycles. The average Bonchev–Trinajstić information content (AvgIpc) is 2.71. The molecule has 1 aliphatic carbocycles. The number of hydrogen-bond acceptors (Lipinski definition) is 2. The van der Waals surface area contributed by atoms with Crippen LogP contribution in [-0.4, -0.2) is 19.2 Å². The third kappa shape index (κ3) is 2.69. The lowest BCUT2D eigenvalue weighted by Gasteiger charge is -2.16. The van der Waals surface area contributed by atoms with E-state index in [4.69, 9.17) is 16.3 Å². The zero-order chi connectivity index (χ0) is 11.5. The molecule has 1 aromatic carbocycles. The first-order chi connectivity index (χ1) is 7.69. The summed E-state index contributed by atoms with van der Waals surface area (Å²) in [6.45, 7) is 2.05. The molecule has 1 N–H and O–H groups in total. The van der Waals surface area contributed by atoms with E-state index in [9.17, 15) is 0 Å². The van der Waals surface area contributed by atoms with Gasteiger partial charge in [0.25, 0.3) is 0 Å². The minimum absolute atomic E-state index is 0.328. The van der Waals surface area contributed by atoms with Crippen molar-refractivity contribution in [2.24, 2.45) is 0 Å². The SMILES string of the molecule is CNC1CCC(Oc2cc(Cl)ccc2C)C1. The molecule has 0 heterocycles. The van der Waals surface area contributed by atoms with Gasteiger partial charge >= 0.3 is 0 Å². The maximum Gasteiger partial charge on any atom is 0.124 e. The predicted molar refractivity (Wildman–Crippen MR) is 67.3 cm³/mol. The maximum atomic E-state index is 5.99. The smallest absolute Gasteiger partial charge is 0.124 e. The Morgan fingerprint density at radius 2 is 2.19 bits per heavy atom. The second-order valence-corrected chi connectivity index (χ2v) is 4.88. The van der Waals surface area contributed by atoms with Crippen LogP contribution in [0.2, 0.25) is 5.02 Å². The van der Waals surface area contributed by atoms with Gasteiger partial charge < -0.3 is 10.1 Å². The van der Waals surface area contributed by atoms with E-state index in [1.165, 1.54) is 6.42 Å². The van der Waals surface area contributed by atoms with Crippen LogP contribution in [-0.2, 0) is 0 Å². The van der Waals surface area contributed by atoms with Gasteiger partial charge in [0.1, 0.15) is 11.9 Å². The van der Waals surface area contributed by atoms with E-state index < -0.39 is 0 Å². The highest BCUT2D eigenvalue weighted by atomic mass is 35.5. The molecule has 88 valence electrons. The monoisotopic (exact) mass is 239 g/mol. The van der Waals surface area contributed by atoms with E-state index in [1.54, 1.807) is 0 Å². The van der Waals surface area contributed by atoms with Crippen molar-refractivity contribution in [3.05, 3.63) is 28.8 Å². The number of benzene rings is 1. The Bertz CT molecular complexity index is 367. The quantitative estimate of drug-likeness (QED) is 0.875. The lowest BCUT2D eigenvalue weighted by Crippen LogP contribution is -2.23. The third-order valence-electron chi connectivity index (χ3n) is 3.24. The number of halogens is 1. The van der Waals surface area contributed by atoms with Crippen LogP contribution in [0, 0.1) is 6.92 Å². The van der Waals surface area contributed by atoms with Gasteiger partial charge in [-0.3, -0.25) is 0 Å². The van der Waals surface area contributed by atoms with Gasteiger partial charge in [0.2, 0.25) is 0 Å². The fourth-order valence-corrected chi connectivity index (χ4v) is 2.35. The zero-order valence-electron chi connectivity index (χ0n) is 9.79. The Morgan fingerprint density at radius 3 is 2.88 bits per heavy atom. The molecule has 2 atom stereocenters. The zero-order valence-corrected chi connectivity index (χ0v) is 10.6. The Hall–Kier alpha value is -0.730. The lowest BCUT2D eigenvalue weighted by molar-refractivity contribution is 0.205. The van der Waals surface area contributed by atoms with Crippen LogP contribution in [0.3, 0.4) is 0 Å². The van der Waals surface area contributed by atoms with Crippen LogP contribution in [0.15, 0.2) is 18.2 Å². The van der Waals surface area contributed by atoms with Crippen LogP contribution in [0.25, 0.3) is 0 Å². The molecule has 3 heteroatoms. The lowest BCUT2D eigenvalue weighted by atomic mass is 10.2. The molecular weight excluding hydrogens is 222 g/mol. The fourth-order valence-electron chi connectivity index (χ4n) is 2.19. The van der Waals surface area contributed by atoms with Gasteiger partial charge in [-0.15, -0.1) is 0 Å². The number of ether oxygens (including phenoxy) is 1. The van der Waals surface area contributed by atoms with Crippen LogP contribution in [0.5, 0.6) is 5.75 Å². The largest absolute Gasteiger partial charge is 0.490 e. The van der Waals surface area contributed by atoms with E-state index in [1.807, 2.05) is 25.2 Å². The Morgan fingerprint density at radius 1 is 1.38 bits per heavy atom. The summed E-state index contributed by atoms with van der Waals surface area (Å²) in [4.78, 5) is 0. The summed E-state index contributed by atoms with van der Waals surface area (Å²) in [5, 5.41) is 4.04. The van der Waals surface area contributed by atoms with Gasteiger partial charge in [-0.2, -0.15) is 0 Å². The molecule has 1 aromatic rings. The minimum atomic E-state index is 0.328. The van der Waals surface area contributed by atoms with Crippen molar-refractivity contribution in [2.45, 2.75) is 38.3 Å². The molecule has 2 rings (SSSR count). The molecule has 0 bridgehead atoms. The third-order valence-corrected chi connectivity index (χ3v) is 3.47. The van der Waals surface area contributed by atoms with Crippen LogP contribution < -0.4 is 10.1 Å². The molecule has 0 aliphatic heterocycles. The molecule has 2 unspecified atom stereocenters. The van der Waals surface area contributed by atoms with Crippen molar-refractivity contribution in [1.82, 2.24) is 5.32 Å². The van der Waals surface area contributed by atoms with Gasteiger partial charge in [-0.05, 0) is 50.9 Å². The Balaban J connectivity index is 2.01. The summed E-state index contributed by atoms with van der Waals surface area (Å²) in [6, 6.07) is 6.41. The van der Waals surface area contributed by atoms with Crippen LogP contribution >= 0.6 is 11.6 Å². The molecule has 1 fully saturated rings. The van der Waals surface area contributed by atoms with E-state index in [-0.39, 0.29) is 0 Å². The van der Waals surface area contributed by atoms with E-state index in [0.29, 0.717) is 12.1 Å². The predicted octanol–water partition coefficient (Wildman–Crippen LogP) is 3.17. The molecule has 0 aromatic heterocycles. The minimum Gasteiger partial charge on any atom is -0.490 e. The second kappa shape index (κ2) is 5.07. The summed E-state index contributed by atoms with van der Waals surface area (Å²) in [7, 11) is 2.01. The van der Waals surface area contributed by atoms with E-state index in [0.717, 1.165) is 29.2 Å². The molecule has 16 heavy (non-hydrogen) atoms. The van der Waals surface area contributed by atoms with E-state index in [2.05, 4.69) is 12.2 Å². The van der Waals surface area contributed by atoms with E-state index >= 15 is 0 Å². The fraction of sp³-hybridized carbons (Fsp3) is 0.538. The molecule has 0 amide bonds. The van der Waals surface area contributed by atoms with Crippen LogP contribution in [0.4, 0.5) is 0 Å². The summed E-state index contributed by atoms with van der Waals surface area (Å²) >= 11 is 5.97. The molecule has 0 spiro atoms. The van der Waals surface area contributed by atoms with Gasteiger partial charge in [-0.1, -0.05) is 17.7 Å². The normalized spacial score (nSPS) is 24.7. The maximum absolute atomic E-state index is 5.99. The Labute approximate surface area is 102 Å². The number of hydrogen-bond donors (Lipinski definition) is 1. The number of rotatable bonds is 3. The highest BCUT2D eigenvalue weighted by Crippen LogP contribution is 2.28. The summed E-state index contributed by atoms with van der Waals surface area (Å²) in [5.74, 6) is 0.925. The van der Waals surface area contributed by atoms with Gasteiger partial charge in [0, 0.05) is 11.1 Å². The average molecular weight is 240 g/mol. The Kier molecular flexibility index (Phi) is 3.72. The number of nitrogens with one attached hydrogen (secondary N) is 1. The molecule has 1 aliphatic rings. The van der Waals surface area contributed by atoms with Gasteiger partial charge in [0.15, 0.2) is 0 Å². The summed E-state index contributed by atoms with van der Waals surface area (Å²) < 4.78 is 5.99. The van der Waals surface area contributed by atoms with Gasteiger partial charge in [0.05, 0.1) is 0 Å². The molecule has 0 radical (unpaired) electrons. The summed E-state index contributed by atoms with van der Waals surface area (Å²) in [5.41, 5.74) is 1.15. The first-order valence-electron chi connectivity index (χ1n) is 5.79.